The van der Waals surface area contributed by atoms with Crippen molar-refractivity contribution in [2.75, 3.05) is 6.54 Å². The molecule has 1 heterocycles. The molecule has 1 aliphatic heterocycles. The van der Waals surface area contributed by atoms with E-state index in [1.54, 1.807) is 36.4 Å². The van der Waals surface area contributed by atoms with Gasteiger partial charge >= 0.3 is 0 Å². The standard InChI is InChI=1S/C21H23ClFNO2/c1-2-20(15-8-12-18(23)13-9-15)26-24-14-4-3-5-19(24)21(25)16-6-10-17(22)11-7-16/h6-13,19-20H,2-5,14H2,1H3. The van der Waals surface area contributed by atoms with Crippen LogP contribution >= 0.6 is 11.6 Å². The highest BCUT2D eigenvalue weighted by Gasteiger charge is 2.32. The van der Waals surface area contributed by atoms with Gasteiger partial charge in [-0.05, 0) is 67.6 Å². The molecule has 0 amide bonds. The Bertz CT molecular complexity index is 733. The van der Waals surface area contributed by atoms with Crippen LogP contribution in [0.25, 0.3) is 0 Å². The van der Waals surface area contributed by atoms with Crippen LogP contribution in [0.15, 0.2) is 48.5 Å². The zero-order valence-electron chi connectivity index (χ0n) is 14.8. The average Bonchev–Trinajstić information content (AvgIpc) is 2.67. The predicted molar refractivity (Wildman–Crippen MR) is 101 cm³/mol. The molecular weight excluding hydrogens is 353 g/mol. The van der Waals surface area contributed by atoms with E-state index in [0.29, 0.717) is 17.1 Å². The number of piperidine rings is 1. The molecule has 1 fully saturated rings. The lowest BCUT2D eigenvalue weighted by atomic mass is 9.96. The molecule has 0 aromatic heterocycles. The van der Waals surface area contributed by atoms with E-state index in [-0.39, 0.29) is 23.7 Å². The molecule has 3 nitrogen and oxygen atoms in total. The van der Waals surface area contributed by atoms with Crippen molar-refractivity contribution in [2.45, 2.75) is 44.8 Å². The average molecular weight is 376 g/mol. The van der Waals surface area contributed by atoms with Gasteiger partial charge in [-0.2, -0.15) is 5.06 Å². The molecule has 0 radical (unpaired) electrons. The number of hydrogen-bond donors (Lipinski definition) is 0. The molecule has 0 bridgehead atoms. The molecule has 26 heavy (non-hydrogen) atoms. The van der Waals surface area contributed by atoms with Gasteiger partial charge in [0.1, 0.15) is 11.9 Å². The van der Waals surface area contributed by atoms with E-state index in [1.807, 2.05) is 12.0 Å². The lowest BCUT2D eigenvalue weighted by molar-refractivity contribution is -0.224. The van der Waals surface area contributed by atoms with Crippen LogP contribution in [-0.4, -0.2) is 23.4 Å². The van der Waals surface area contributed by atoms with Crippen molar-refractivity contribution in [3.05, 3.63) is 70.5 Å². The maximum atomic E-state index is 13.2. The fourth-order valence-corrected chi connectivity index (χ4v) is 3.44. The minimum absolute atomic E-state index is 0.0512. The first-order valence-electron chi connectivity index (χ1n) is 9.07. The van der Waals surface area contributed by atoms with E-state index < -0.39 is 0 Å². The number of rotatable bonds is 6. The lowest BCUT2D eigenvalue weighted by Crippen LogP contribution is -2.45. The number of carbonyl (C=O) groups excluding carboxylic acids is 1. The first-order valence-corrected chi connectivity index (χ1v) is 9.45. The third-order valence-corrected chi connectivity index (χ3v) is 5.01. The Morgan fingerprint density at radius 1 is 1.19 bits per heavy atom. The summed E-state index contributed by atoms with van der Waals surface area (Å²) in [6.07, 6.45) is 3.29. The van der Waals surface area contributed by atoms with Gasteiger partial charge in [0.25, 0.3) is 0 Å². The van der Waals surface area contributed by atoms with Crippen molar-refractivity contribution in [2.24, 2.45) is 0 Å². The summed E-state index contributed by atoms with van der Waals surface area (Å²) < 4.78 is 13.2. The van der Waals surface area contributed by atoms with Crippen LogP contribution < -0.4 is 0 Å². The second-order valence-corrected chi connectivity index (χ2v) is 7.01. The van der Waals surface area contributed by atoms with Gasteiger partial charge in [-0.25, -0.2) is 4.39 Å². The van der Waals surface area contributed by atoms with Crippen molar-refractivity contribution in [3.63, 3.8) is 0 Å². The van der Waals surface area contributed by atoms with Crippen LogP contribution in [0.2, 0.25) is 5.02 Å². The number of hydroxylamine groups is 2. The Balaban J connectivity index is 1.76. The van der Waals surface area contributed by atoms with Crippen molar-refractivity contribution in [1.29, 1.82) is 0 Å². The van der Waals surface area contributed by atoms with E-state index in [4.69, 9.17) is 16.4 Å². The zero-order chi connectivity index (χ0) is 18.5. The summed E-state index contributed by atoms with van der Waals surface area (Å²) >= 11 is 5.92. The number of halogens is 2. The van der Waals surface area contributed by atoms with Crippen LogP contribution in [0, 0.1) is 5.82 Å². The summed E-state index contributed by atoms with van der Waals surface area (Å²) in [4.78, 5) is 19.2. The fraction of sp³-hybridized carbons (Fsp3) is 0.381. The maximum Gasteiger partial charge on any atom is 0.182 e. The van der Waals surface area contributed by atoms with E-state index in [9.17, 15) is 9.18 Å². The molecule has 138 valence electrons. The van der Waals surface area contributed by atoms with Crippen LogP contribution in [0.5, 0.6) is 0 Å². The molecule has 2 unspecified atom stereocenters. The molecule has 1 aliphatic rings. The van der Waals surface area contributed by atoms with Crippen LogP contribution in [-0.2, 0) is 4.84 Å². The van der Waals surface area contributed by atoms with Gasteiger partial charge in [-0.3, -0.25) is 9.63 Å². The quantitative estimate of drug-likeness (QED) is 0.615. The van der Waals surface area contributed by atoms with Gasteiger partial charge in [0.15, 0.2) is 5.78 Å². The van der Waals surface area contributed by atoms with Crippen molar-refractivity contribution < 1.29 is 14.0 Å². The number of nitrogens with zero attached hydrogens (tertiary/aromatic N) is 1. The third kappa shape index (κ3) is 4.50. The Morgan fingerprint density at radius 2 is 1.88 bits per heavy atom. The highest BCUT2D eigenvalue weighted by atomic mass is 35.5. The second-order valence-electron chi connectivity index (χ2n) is 6.58. The molecule has 2 atom stereocenters. The largest absolute Gasteiger partial charge is 0.292 e. The second kappa shape index (κ2) is 8.76. The van der Waals surface area contributed by atoms with Crippen LogP contribution in [0.1, 0.15) is 54.6 Å². The summed E-state index contributed by atoms with van der Waals surface area (Å²) in [7, 11) is 0. The number of hydrogen-bond acceptors (Lipinski definition) is 3. The van der Waals surface area contributed by atoms with E-state index in [2.05, 4.69) is 0 Å². The molecule has 2 aromatic carbocycles. The van der Waals surface area contributed by atoms with Crippen molar-refractivity contribution in [3.8, 4) is 0 Å². The topological polar surface area (TPSA) is 29.5 Å². The highest BCUT2D eigenvalue weighted by molar-refractivity contribution is 6.30. The Labute approximate surface area is 158 Å². The van der Waals surface area contributed by atoms with Gasteiger partial charge in [0, 0.05) is 17.1 Å². The van der Waals surface area contributed by atoms with Gasteiger partial charge in [0.05, 0.1) is 6.04 Å². The van der Waals surface area contributed by atoms with E-state index in [0.717, 1.165) is 31.2 Å². The molecule has 5 heteroatoms. The summed E-state index contributed by atoms with van der Waals surface area (Å²) in [5.74, 6) is -0.215. The van der Waals surface area contributed by atoms with E-state index in [1.165, 1.54) is 12.1 Å². The molecule has 1 saturated heterocycles. The molecule has 0 saturated carbocycles. The number of benzene rings is 2. The number of carbonyl (C=O) groups is 1. The SMILES string of the molecule is CCC(ON1CCCCC1C(=O)c1ccc(Cl)cc1)c1ccc(F)cc1. The summed E-state index contributed by atoms with van der Waals surface area (Å²) in [6, 6.07) is 13.0. The summed E-state index contributed by atoms with van der Waals surface area (Å²) in [5.41, 5.74) is 1.56. The monoisotopic (exact) mass is 375 g/mol. The Hall–Kier alpha value is -1.75. The van der Waals surface area contributed by atoms with Gasteiger partial charge in [-0.1, -0.05) is 30.7 Å². The zero-order valence-corrected chi connectivity index (χ0v) is 15.6. The number of Topliss-reactive ketones (excluding diaryl/α,β-unsaturated/α-hetero) is 1. The first-order chi connectivity index (χ1) is 12.6. The smallest absolute Gasteiger partial charge is 0.182 e. The van der Waals surface area contributed by atoms with E-state index >= 15 is 0 Å². The first kappa shape index (κ1) is 19.0. The molecule has 3 rings (SSSR count). The summed E-state index contributed by atoms with van der Waals surface area (Å²) in [5, 5.41) is 2.43. The predicted octanol–water partition coefficient (Wildman–Crippen LogP) is 5.60. The minimum atomic E-state index is -0.306. The van der Waals surface area contributed by atoms with Gasteiger partial charge in [-0.15, -0.1) is 0 Å². The normalized spacial score (nSPS) is 19.3. The molecule has 2 aromatic rings. The summed E-state index contributed by atoms with van der Waals surface area (Å²) in [6.45, 7) is 2.73. The van der Waals surface area contributed by atoms with Gasteiger partial charge in [0.2, 0.25) is 0 Å². The Kier molecular flexibility index (Phi) is 6.41. The lowest BCUT2D eigenvalue weighted by Gasteiger charge is -2.36. The molecular formula is C21H23ClFNO2. The molecule has 0 N–H and O–H groups in total. The Morgan fingerprint density at radius 3 is 2.54 bits per heavy atom. The van der Waals surface area contributed by atoms with Crippen LogP contribution in [0.3, 0.4) is 0 Å². The maximum absolute atomic E-state index is 13.2. The molecule has 0 aliphatic carbocycles. The minimum Gasteiger partial charge on any atom is -0.292 e. The molecule has 0 spiro atoms. The van der Waals surface area contributed by atoms with Crippen molar-refractivity contribution in [1.82, 2.24) is 5.06 Å². The highest BCUT2D eigenvalue weighted by Crippen LogP contribution is 2.28. The number of ketones is 1. The van der Waals surface area contributed by atoms with Crippen molar-refractivity contribution >= 4 is 17.4 Å². The fourth-order valence-electron chi connectivity index (χ4n) is 3.31. The third-order valence-electron chi connectivity index (χ3n) is 4.76. The van der Waals surface area contributed by atoms with Crippen LogP contribution in [0.4, 0.5) is 4.39 Å². The van der Waals surface area contributed by atoms with Gasteiger partial charge < -0.3 is 0 Å².